The summed E-state index contributed by atoms with van der Waals surface area (Å²) in [6.07, 6.45) is 7.09. The molecule has 128 valence electrons. The topological polar surface area (TPSA) is 58.4 Å². The number of aliphatic hydroxyl groups excluding tert-OH is 1. The highest BCUT2D eigenvalue weighted by atomic mass is 16.3. The number of rotatable bonds is 5. The van der Waals surface area contributed by atoms with Gasteiger partial charge in [-0.1, -0.05) is 6.92 Å². The van der Waals surface area contributed by atoms with Gasteiger partial charge in [0.1, 0.15) is 5.65 Å². The molecule has 0 radical (unpaired) electrons. The lowest BCUT2D eigenvalue weighted by Gasteiger charge is -2.59. The zero-order chi connectivity index (χ0) is 16.7. The molecule has 1 aliphatic carbocycles. The van der Waals surface area contributed by atoms with Crippen molar-refractivity contribution in [1.82, 2.24) is 14.5 Å². The number of nitrogens with zero attached hydrogens (tertiary/aromatic N) is 3. The molecule has 2 aromatic rings. The fourth-order valence-electron chi connectivity index (χ4n) is 4.56. The average Bonchev–Trinajstić information content (AvgIpc) is 2.92. The monoisotopic (exact) mass is 327 g/mol. The molecule has 0 aromatic carbocycles. The Hall–Kier alpha value is -1.88. The van der Waals surface area contributed by atoms with Gasteiger partial charge in [-0.25, -0.2) is 4.98 Å². The third-order valence-corrected chi connectivity index (χ3v) is 5.85. The van der Waals surface area contributed by atoms with Crippen LogP contribution in [0.3, 0.4) is 0 Å². The van der Waals surface area contributed by atoms with Crippen molar-refractivity contribution in [2.45, 2.75) is 32.7 Å². The summed E-state index contributed by atoms with van der Waals surface area (Å²) in [4.78, 5) is 18.7. The molecule has 1 amide bonds. The molecular formula is C19H25N3O2. The summed E-state index contributed by atoms with van der Waals surface area (Å²) in [5.41, 5.74) is 1.42. The summed E-state index contributed by atoms with van der Waals surface area (Å²) in [5, 5.41) is 10.5. The van der Waals surface area contributed by atoms with Gasteiger partial charge in [0, 0.05) is 42.8 Å². The first-order valence-corrected chi connectivity index (χ1v) is 8.93. The maximum Gasteiger partial charge on any atom is 0.228 e. The van der Waals surface area contributed by atoms with E-state index in [0.717, 1.165) is 31.7 Å². The van der Waals surface area contributed by atoms with Crippen molar-refractivity contribution in [1.29, 1.82) is 0 Å². The predicted molar refractivity (Wildman–Crippen MR) is 92.3 cm³/mol. The molecule has 4 rings (SSSR count). The largest absolute Gasteiger partial charge is 0.396 e. The van der Waals surface area contributed by atoms with Crippen molar-refractivity contribution in [2.24, 2.45) is 17.3 Å². The van der Waals surface area contributed by atoms with Crippen LogP contribution in [0.15, 0.2) is 30.6 Å². The van der Waals surface area contributed by atoms with Crippen LogP contribution in [-0.4, -0.2) is 45.2 Å². The lowest BCUT2D eigenvalue weighted by molar-refractivity contribution is -0.161. The number of aromatic nitrogens is 2. The molecule has 1 N–H and O–H groups in total. The van der Waals surface area contributed by atoms with Gasteiger partial charge >= 0.3 is 0 Å². The van der Waals surface area contributed by atoms with Gasteiger partial charge in [-0.3, -0.25) is 4.79 Å². The van der Waals surface area contributed by atoms with E-state index in [1.54, 1.807) is 0 Å². The van der Waals surface area contributed by atoms with E-state index in [2.05, 4.69) is 27.9 Å². The first kappa shape index (κ1) is 15.6. The van der Waals surface area contributed by atoms with Crippen LogP contribution in [0.25, 0.3) is 11.0 Å². The third kappa shape index (κ3) is 2.51. The Balaban J connectivity index is 1.31. The minimum Gasteiger partial charge on any atom is -0.396 e. The number of fused-ring (bicyclic) bond motifs is 1. The van der Waals surface area contributed by atoms with Crippen molar-refractivity contribution in [3.8, 4) is 0 Å². The highest BCUT2D eigenvalue weighted by Gasteiger charge is 2.53. The first-order chi connectivity index (χ1) is 11.6. The van der Waals surface area contributed by atoms with Gasteiger partial charge in [-0.05, 0) is 43.4 Å². The van der Waals surface area contributed by atoms with E-state index in [0.29, 0.717) is 11.3 Å². The first-order valence-electron chi connectivity index (χ1n) is 8.93. The van der Waals surface area contributed by atoms with E-state index in [4.69, 9.17) is 0 Å². The molecule has 0 unspecified atom stereocenters. The van der Waals surface area contributed by atoms with Crippen LogP contribution in [0, 0.1) is 17.3 Å². The van der Waals surface area contributed by atoms with Gasteiger partial charge in [0.25, 0.3) is 0 Å². The number of aliphatic hydroxyl groups is 1. The summed E-state index contributed by atoms with van der Waals surface area (Å²) < 4.78 is 2.26. The van der Waals surface area contributed by atoms with Gasteiger partial charge in [-0.15, -0.1) is 0 Å². The fraction of sp³-hybridized carbons (Fsp3) is 0.579. The fourth-order valence-corrected chi connectivity index (χ4v) is 4.56. The Bertz CT molecular complexity index is 736. The molecule has 5 nitrogen and oxygen atoms in total. The lowest BCUT2D eigenvalue weighted by atomic mass is 9.57. The molecule has 2 aliphatic rings. The summed E-state index contributed by atoms with van der Waals surface area (Å²) in [7, 11) is 0. The highest BCUT2D eigenvalue weighted by Crippen LogP contribution is 2.52. The van der Waals surface area contributed by atoms with Gasteiger partial charge in [0.2, 0.25) is 5.91 Å². The van der Waals surface area contributed by atoms with Gasteiger partial charge < -0.3 is 14.6 Å². The van der Waals surface area contributed by atoms with E-state index < -0.39 is 0 Å². The summed E-state index contributed by atoms with van der Waals surface area (Å²) >= 11 is 0. The van der Waals surface area contributed by atoms with E-state index >= 15 is 0 Å². The zero-order valence-electron chi connectivity index (χ0n) is 14.2. The predicted octanol–water partition coefficient (Wildman–Crippen LogP) is 2.29. The number of hydrogen-bond donors (Lipinski definition) is 1. The van der Waals surface area contributed by atoms with Crippen LogP contribution < -0.4 is 0 Å². The molecule has 2 aromatic heterocycles. The lowest BCUT2D eigenvalue weighted by Crippen LogP contribution is -2.65. The summed E-state index contributed by atoms with van der Waals surface area (Å²) in [6.45, 7) is 4.70. The second-order valence-electron chi connectivity index (χ2n) is 7.64. The van der Waals surface area contributed by atoms with Crippen molar-refractivity contribution in [3.63, 3.8) is 0 Å². The Kier molecular flexibility index (Phi) is 3.83. The van der Waals surface area contributed by atoms with Gasteiger partial charge in [0.15, 0.2) is 0 Å². The van der Waals surface area contributed by atoms with Crippen molar-refractivity contribution in [2.75, 3.05) is 19.7 Å². The summed E-state index contributed by atoms with van der Waals surface area (Å²) in [5.74, 6) is 0.602. The molecule has 24 heavy (non-hydrogen) atoms. The maximum absolute atomic E-state index is 12.3. The van der Waals surface area contributed by atoms with Crippen LogP contribution >= 0.6 is 0 Å². The minimum absolute atomic E-state index is 0.0326. The van der Waals surface area contributed by atoms with Crippen molar-refractivity contribution < 1.29 is 9.90 Å². The molecular weight excluding hydrogens is 302 g/mol. The van der Waals surface area contributed by atoms with Crippen molar-refractivity contribution in [3.05, 3.63) is 30.6 Å². The Morgan fingerprint density at radius 3 is 2.92 bits per heavy atom. The molecule has 1 saturated heterocycles. The minimum atomic E-state index is -0.212. The zero-order valence-corrected chi connectivity index (χ0v) is 14.2. The number of pyridine rings is 1. The van der Waals surface area contributed by atoms with Crippen LogP contribution in [0.4, 0.5) is 0 Å². The second-order valence-corrected chi connectivity index (χ2v) is 7.64. The number of hydrogen-bond acceptors (Lipinski definition) is 3. The molecule has 0 bridgehead atoms. The SMILES string of the molecule is CC[C@H](CO)C(=O)N1CC2(CC(Cn3ccc4cccnc43)C2)C1. The Morgan fingerprint density at radius 1 is 1.42 bits per heavy atom. The smallest absolute Gasteiger partial charge is 0.228 e. The number of likely N-dealkylation sites (tertiary alicyclic amines) is 1. The van der Waals surface area contributed by atoms with Crippen LogP contribution in [0.1, 0.15) is 26.2 Å². The van der Waals surface area contributed by atoms with Crippen molar-refractivity contribution >= 4 is 16.9 Å². The van der Waals surface area contributed by atoms with Gasteiger partial charge in [-0.2, -0.15) is 0 Å². The maximum atomic E-state index is 12.3. The normalized spacial score (nSPS) is 20.8. The molecule has 2 fully saturated rings. The van der Waals surface area contributed by atoms with Gasteiger partial charge in [0.05, 0.1) is 12.5 Å². The molecule has 1 atom stereocenters. The standard InChI is InChI=1S/C19H25N3O2/c1-2-15(11-23)18(24)22-12-19(13-22)8-14(9-19)10-21-7-5-16-4-3-6-20-17(16)21/h3-7,14-15,23H,2,8-13H2,1H3/t15-/m1/s1. The molecule has 1 spiro atoms. The van der Waals surface area contributed by atoms with E-state index in [1.165, 1.54) is 18.2 Å². The van der Waals surface area contributed by atoms with Crippen LogP contribution in [-0.2, 0) is 11.3 Å². The number of carbonyl (C=O) groups is 1. The summed E-state index contributed by atoms with van der Waals surface area (Å²) in [6, 6.07) is 6.20. The third-order valence-electron chi connectivity index (χ3n) is 5.85. The quantitative estimate of drug-likeness (QED) is 0.917. The molecule has 1 aliphatic heterocycles. The molecule has 5 heteroatoms. The second kappa shape index (κ2) is 5.88. The van der Waals surface area contributed by atoms with E-state index in [1.807, 2.05) is 24.1 Å². The average molecular weight is 327 g/mol. The van der Waals surface area contributed by atoms with Crippen LogP contribution in [0.5, 0.6) is 0 Å². The Labute approximate surface area is 142 Å². The number of amides is 1. The number of carbonyl (C=O) groups excluding carboxylic acids is 1. The molecule has 1 saturated carbocycles. The van der Waals surface area contributed by atoms with Crippen LogP contribution in [0.2, 0.25) is 0 Å². The highest BCUT2D eigenvalue weighted by molar-refractivity contribution is 5.80. The Morgan fingerprint density at radius 2 is 2.21 bits per heavy atom. The van der Waals surface area contributed by atoms with E-state index in [9.17, 15) is 9.90 Å². The molecule has 3 heterocycles. The van der Waals surface area contributed by atoms with E-state index in [-0.39, 0.29) is 18.4 Å².